The summed E-state index contributed by atoms with van der Waals surface area (Å²) in [6.45, 7) is 8.34. The molecular weight excluding hydrogens is 176 g/mol. The average Bonchev–Trinajstić information content (AvgIpc) is 2.08. The summed E-state index contributed by atoms with van der Waals surface area (Å²) in [4.78, 5) is 11.4. The lowest BCUT2D eigenvalue weighted by Crippen LogP contribution is -2.29. The lowest BCUT2D eigenvalue weighted by molar-refractivity contribution is -0.155. The summed E-state index contributed by atoms with van der Waals surface area (Å²) in [6, 6.07) is 0. The molecule has 0 N–H and O–H groups in total. The number of carbonyl (C=O) groups is 1. The van der Waals surface area contributed by atoms with Gasteiger partial charge in [-0.05, 0) is 31.1 Å². The van der Waals surface area contributed by atoms with E-state index in [2.05, 4.69) is 13.8 Å². The molecule has 0 amide bonds. The number of hydrogen-bond donors (Lipinski definition) is 0. The molecule has 2 heteroatoms. The third-order valence-corrected chi connectivity index (χ3v) is 3.04. The van der Waals surface area contributed by atoms with Crippen LogP contribution in [0.2, 0.25) is 0 Å². The normalized spacial score (nSPS) is 22.4. The Labute approximate surface area is 87.0 Å². The van der Waals surface area contributed by atoms with Gasteiger partial charge in [0.25, 0.3) is 0 Å². The molecule has 0 aromatic rings. The van der Waals surface area contributed by atoms with E-state index < -0.39 is 0 Å². The molecule has 1 fully saturated rings. The molecule has 0 bridgehead atoms. The summed E-state index contributed by atoms with van der Waals surface area (Å²) < 4.78 is 5.41. The Morgan fingerprint density at radius 1 is 1.29 bits per heavy atom. The standard InChI is InChI=1S/C12H22O2/c1-9(2)11(13)14-10-5-7-12(3,4)8-6-10/h9-10H,5-8H2,1-4H3. The second kappa shape index (κ2) is 4.33. The van der Waals surface area contributed by atoms with Crippen LogP contribution in [0.3, 0.4) is 0 Å². The van der Waals surface area contributed by atoms with E-state index in [0.29, 0.717) is 5.41 Å². The molecule has 2 nitrogen and oxygen atoms in total. The van der Waals surface area contributed by atoms with Crippen molar-refractivity contribution in [3.8, 4) is 0 Å². The first-order chi connectivity index (χ1) is 6.41. The van der Waals surface area contributed by atoms with E-state index in [1.807, 2.05) is 13.8 Å². The summed E-state index contributed by atoms with van der Waals surface area (Å²) in [5, 5.41) is 0. The quantitative estimate of drug-likeness (QED) is 0.637. The zero-order chi connectivity index (χ0) is 10.8. The Morgan fingerprint density at radius 3 is 2.21 bits per heavy atom. The van der Waals surface area contributed by atoms with Gasteiger partial charge in [-0.3, -0.25) is 4.79 Å². The molecule has 0 atom stereocenters. The van der Waals surface area contributed by atoms with Crippen molar-refractivity contribution in [2.75, 3.05) is 0 Å². The minimum absolute atomic E-state index is 0.00457. The molecule has 1 rings (SSSR count). The first kappa shape index (κ1) is 11.5. The van der Waals surface area contributed by atoms with E-state index in [4.69, 9.17) is 4.74 Å². The fourth-order valence-corrected chi connectivity index (χ4v) is 1.79. The summed E-state index contributed by atoms with van der Waals surface area (Å²) in [5.74, 6) is -0.0420. The summed E-state index contributed by atoms with van der Waals surface area (Å²) >= 11 is 0. The molecule has 1 aliphatic rings. The minimum atomic E-state index is -0.0466. The van der Waals surface area contributed by atoms with Crippen LogP contribution in [0, 0.1) is 11.3 Å². The predicted molar refractivity (Wildman–Crippen MR) is 57.0 cm³/mol. The molecule has 0 saturated heterocycles. The zero-order valence-electron chi connectivity index (χ0n) is 9.80. The number of carbonyl (C=O) groups excluding carboxylic acids is 1. The van der Waals surface area contributed by atoms with E-state index in [0.717, 1.165) is 12.8 Å². The van der Waals surface area contributed by atoms with Crippen LogP contribution >= 0.6 is 0 Å². The van der Waals surface area contributed by atoms with Gasteiger partial charge in [-0.1, -0.05) is 27.7 Å². The van der Waals surface area contributed by atoms with Gasteiger partial charge in [0.1, 0.15) is 6.10 Å². The topological polar surface area (TPSA) is 26.3 Å². The molecule has 0 aromatic carbocycles. The maximum absolute atomic E-state index is 11.4. The largest absolute Gasteiger partial charge is 0.462 e. The van der Waals surface area contributed by atoms with E-state index >= 15 is 0 Å². The monoisotopic (exact) mass is 198 g/mol. The molecule has 0 unspecified atom stereocenters. The third kappa shape index (κ3) is 3.32. The van der Waals surface area contributed by atoms with Crippen molar-refractivity contribution < 1.29 is 9.53 Å². The van der Waals surface area contributed by atoms with Gasteiger partial charge >= 0.3 is 5.97 Å². The van der Waals surface area contributed by atoms with E-state index in [9.17, 15) is 4.79 Å². The van der Waals surface area contributed by atoms with Crippen molar-refractivity contribution in [1.82, 2.24) is 0 Å². The van der Waals surface area contributed by atoms with Gasteiger partial charge in [0.2, 0.25) is 0 Å². The van der Waals surface area contributed by atoms with Gasteiger partial charge in [0, 0.05) is 0 Å². The van der Waals surface area contributed by atoms with Crippen LogP contribution < -0.4 is 0 Å². The van der Waals surface area contributed by atoms with Crippen molar-refractivity contribution in [2.45, 2.75) is 59.5 Å². The molecule has 82 valence electrons. The van der Waals surface area contributed by atoms with Crippen LogP contribution in [-0.4, -0.2) is 12.1 Å². The van der Waals surface area contributed by atoms with E-state index in [-0.39, 0.29) is 18.0 Å². The molecule has 0 spiro atoms. The van der Waals surface area contributed by atoms with Crippen LogP contribution in [0.1, 0.15) is 53.4 Å². The van der Waals surface area contributed by atoms with Gasteiger partial charge in [0.05, 0.1) is 5.92 Å². The second-order valence-electron chi connectivity index (χ2n) is 5.46. The fraction of sp³-hybridized carbons (Fsp3) is 0.917. The molecule has 1 aliphatic carbocycles. The number of ether oxygens (including phenoxy) is 1. The SMILES string of the molecule is CC(C)C(=O)OC1CCC(C)(C)CC1. The van der Waals surface area contributed by atoms with Crippen molar-refractivity contribution in [3.05, 3.63) is 0 Å². The van der Waals surface area contributed by atoms with Gasteiger partial charge < -0.3 is 4.74 Å². The van der Waals surface area contributed by atoms with E-state index in [1.165, 1.54) is 12.8 Å². The predicted octanol–water partition coefficient (Wildman–Crippen LogP) is 3.15. The lowest BCUT2D eigenvalue weighted by atomic mass is 9.76. The number of rotatable bonds is 2. The second-order valence-corrected chi connectivity index (χ2v) is 5.46. The minimum Gasteiger partial charge on any atom is -0.462 e. The van der Waals surface area contributed by atoms with Crippen molar-refractivity contribution >= 4 is 5.97 Å². The van der Waals surface area contributed by atoms with Crippen LogP contribution in [0.5, 0.6) is 0 Å². The highest BCUT2D eigenvalue weighted by atomic mass is 16.5. The maximum atomic E-state index is 11.4. The van der Waals surface area contributed by atoms with Crippen molar-refractivity contribution in [2.24, 2.45) is 11.3 Å². The Hall–Kier alpha value is -0.530. The smallest absolute Gasteiger partial charge is 0.308 e. The van der Waals surface area contributed by atoms with Crippen LogP contribution in [0.15, 0.2) is 0 Å². The summed E-state index contributed by atoms with van der Waals surface area (Å²) in [6.07, 6.45) is 4.58. The highest BCUT2D eigenvalue weighted by Crippen LogP contribution is 2.36. The molecular formula is C12H22O2. The summed E-state index contributed by atoms with van der Waals surface area (Å²) in [5.41, 5.74) is 0.445. The fourth-order valence-electron chi connectivity index (χ4n) is 1.79. The van der Waals surface area contributed by atoms with Gasteiger partial charge in [0.15, 0.2) is 0 Å². The van der Waals surface area contributed by atoms with Crippen LogP contribution in [-0.2, 0) is 9.53 Å². The highest BCUT2D eigenvalue weighted by Gasteiger charge is 2.29. The van der Waals surface area contributed by atoms with Crippen LogP contribution in [0.4, 0.5) is 0 Å². The molecule has 0 radical (unpaired) electrons. The molecule has 0 heterocycles. The number of hydrogen-bond acceptors (Lipinski definition) is 2. The highest BCUT2D eigenvalue weighted by molar-refractivity contribution is 5.71. The van der Waals surface area contributed by atoms with Crippen molar-refractivity contribution in [1.29, 1.82) is 0 Å². The molecule has 0 aromatic heterocycles. The first-order valence-corrected chi connectivity index (χ1v) is 5.61. The van der Waals surface area contributed by atoms with Gasteiger partial charge in [-0.25, -0.2) is 0 Å². The van der Waals surface area contributed by atoms with Gasteiger partial charge in [-0.2, -0.15) is 0 Å². The van der Waals surface area contributed by atoms with Crippen LogP contribution in [0.25, 0.3) is 0 Å². The molecule has 0 aliphatic heterocycles. The number of esters is 1. The Balaban J connectivity index is 2.33. The third-order valence-electron chi connectivity index (χ3n) is 3.04. The lowest BCUT2D eigenvalue weighted by Gasteiger charge is -2.34. The zero-order valence-corrected chi connectivity index (χ0v) is 9.80. The molecule has 1 saturated carbocycles. The Bertz CT molecular complexity index is 196. The van der Waals surface area contributed by atoms with E-state index in [1.54, 1.807) is 0 Å². The average molecular weight is 198 g/mol. The summed E-state index contributed by atoms with van der Waals surface area (Å²) in [7, 11) is 0. The maximum Gasteiger partial charge on any atom is 0.308 e. The van der Waals surface area contributed by atoms with Gasteiger partial charge in [-0.15, -0.1) is 0 Å². The first-order valence-electron chi connectivity index (χ1n) is 5.61. The Kier molecular flexibility index (Phi) is 3.57. The molecule has 14 heavy (non-hydrogen) atoms. The Morgan fingerprint density at radius 2 is 1.79 bits per heavy atom. The van der Waals surface area contributed by atoms with Crippen molar-refractivity contribution in [3.63, 3.8) is 0 Å².